The Balaban J connectivity index is 1.27. The normalized spacial score (nSPS) is 11.2. The van der Waals surface area contributed by atoms with Gasteiger partial charge in [-0.05, 0) is 35.9 Å². The summed E-state index contributed by atoms with van der Waals surface area (Å²) in [5.74, 6) is 0.602. The Labute approximate surface area is 181 Å². The van der Waals surface area contributed by atoms with E-state index in [0.717, 1.165) is 26.8 Å². The fraction of sp³-hybridized carbons (Fsp3) is 0.0870. The maximum atomic E-state index is 12.8. The van der Waals surface area contributed by atoms with Crippen LogP contribution in [0.5, 0.6) is 0 Å². The standard InChI is InChI=1S/C23H18N4OS2/c28-22(24-13-17-14-27-12-6-5-11-21(27)25-17)18-8-2-1-7-16(18)15-29-23-26-19-9-3-4-10-20(19)30-23/h1-12,14H,13,15H2,(H,24,28). The number of fused-ring (bicyclic) bond motifs is 2. The number of benzene rings is 2. The average Bonchev–Trinajstić information content (AvgIpc) is 3.39. The lowest BCUT2D eigenvalue weighted by Crippen LogP contribution is -2.24. The highest BCUT2D eigenvalue weighted by molar-refractivity contribution is 8.00. The molecule has 2 aromatic carbocycles. The van der Waals surface area contributed by atoms with Crippen molar-refractivity contribution in [3.8, 4) is 0 Å². The molecule has 0 saturated carbocycles. The number of amides is 1. The molecule has 0 aliphatic heterocycles. The summed E-state index contributed by atoms with van der Waals surface area (Å²) in [5, 5.41) is 3.00. The lowest BCUT2D eigenvalue weighted by Gasteiger charge is -2.08. The molecule has 0 aliphatic carbocycles. The molecule has 3 aromatic heterocycles. The second-order valence-corrected chi connectivity index (χ2v) is 9.03. The van der Waals surface area contributed by atoms with Crippen molar-refractivity contribution in [2.24, 2.45) is 0 Å². The minimum Gasteiger partial charge on any atom is -0.346 e. The number of para-hydroxylation sites is 1. The van der Waals surface area contributed by atoms with Gasteiger partial charge in [-0.2, -0.15) is 0 Å². The van der Waals surface area contributed by atoms with Crippen molar-refractivity contribution in [2.45, 2.75) is 16.6 Å². The number of thiazole rings is 1. The molecule has 5 nitrogen and oxygen atoms in total. The van der Waals surface area contributed by atoms with Crippen LogP contribution in [0.2, 0.25) is 0 Å². The van der Waals surface area contributed by atoms with E-state index in [0.29, 0.717) is 17.9 Å². The third-order valence-electron chi connectivity index (χ3n) is 4.73. The number of hydrogen-bond acceptors (Lipinski definition) is 5. The van der Waals surface area contributed by atoms with Crippen molar-refractivity contribution in [2.75, 3.05) is 0 Å². The Morgan fingerprint density at radius 3 is 2.73 bits per heavy atom. The maximum absolute atomic E-state index is 12.8. The number of imidazole rings is 1. The van der Waals surface area contributed by atoms with Crippen LogP contribution in [-0.2, 0) is 12.3 Å². The molecule has 1 amide bonds. The number of hydrogen-bond donors (Lipinski definition) is 1. The van der Waals surface area contributed by atoms with Gasteiger partial charge in [0.05, 0.1) is 22.5 Å². The molecule has 7 heteroatoms. The molecule has 0 fully saturated rings. The van der Waals surface area contributed by atoms with Crippen molar-refractivity contribution >= 4 is 44.9 Å². The predicted molar refractivity (Wildman–Crippen MR) is 122 cm³/mol. The van der Waals surface area contributed by atoms with E-state index < -0.39 is 0 Å². The topological polar surface area (TPSA) is 59.3 Å². The highest BCUT2D eigenvalue weighted by Crippen LogP contribution is 2.32. The fourth-order valence-corrected chi connectivity index (χ4v) is 5.33. The number of thioether (sulfide) groups is 1. The van der Waals surface area contributed by atoms with Gasteiger partial charge in [0, 0.05) is 23.7 Å². The molecule has 148 valence electrons. The molecule has 0 saturated heterocycles. The summed E-state index contributed by atoms with van der Waals surface area (Å²) < 4.78 is 4.14. The summed E-state index contributed by atoms with van der Waals surface area (Å²) in [5.41, 5.74) is 4.40. The molecule has 5 aromatic rings. The van der Waals surface area contributed by atoms with E-state index in [4.69, 9.17) is 0 Å². The van der Waals surface area contributed by atoms with Crippen molar-refractivity contribution in [1.82, 2.24) is 19.7 Å². The van der Waals surface area contributed by atoms with Crippen LogP contribution in [0, 0.1) is 0 Å². The molecule has 0 atom stereocenters. The highest BCUT2D eigenvalue weighted by atomic mass is 32.2. The monoisotopic (exact) mass is 430 g/mol. The average molecular weight is 431 g/mol. The number of nitrogens with zero attached hydrogens (tertiary/aromatic N) is 3. The molecule has 0 bridgehead atoms. The SMILES string of the molecule is O=C(NCc1cn2ccccc2n1)c1ccccc1CSc1nc2ccccc2s1. The minimum absolute atomic E-state index is 0.0902. The smallest absolute Gasteiger partial charge is 0.251 e. The molecule has 0 unspecified atom stereocenters. The van der Waals surface area contributed by atoms with E-state index in [-0.39, 0.29) is 5.91 Å². The third-order valence-corrected chi connectivity index (χ3v) is 6.96. The van der Waals surface area contributed by atoms with Crippen molar-refractivity contribution in [3.05, 3.63) is 95.9 Å². The van der Waals surface area contributed by atoms with Gasteiger partial charge in [0.15, 0.2) is 4.34 Å². The zero-order chi connectivity index (χ0) is 20.3. The Hall–Kier alpha value is -3.16. The van der Waals surface area contributed by atoms with Crippen LogP contribution in [0.1, 0.15) is 21.6 Å². The second-order valence-electron chi connectivity index (χ2n) is 6.77. The molecule has 5 rings (SSSR count). The zero-order valence-electron chi connectivity index (χ0n) is 16.0. The third kappa shape index (κ3) is 3.94. The highest BCUT2D eigenvalue weighted by Gasteiger charge is 2.13. The quantitative estimate of drug-likeness (QED) is 0.378. The number of rotatable bonds is 6. The Morgan fingerprint density at radius 2 is 1.83 bits per heavy atom. The van der Waals surface area contributed by atoms with Gasteiger partial charge >= 0.3 is 0 Å². The van der Waals surface area contributed by atoms with E-state index in [1.54, 1.807) is 23.1 Å². The first-order chi connectivity index (χ1) is 14.8. The molecular formula is C23H18N4OS2. The fourth-order valence-electron chi connectivity index (χ4n) is 3.26. The van der Waals surface area contributed by atoms with Crippen LogP contribution in [-0.4, -0.2) is 20.3 Å². The van der Waals surface area contributed by atoms with Gasteiger partial charge in [0.25, 0.3) is 5.91 Å². The van der Waals surface area contributed by atoms with E-state index in [2.05, 4.69) is 21.4 Å². The maximum Gasteiger partial charge on any atom is 0.251 e. The van der Waals surface area contributed by atoms with Gasteiger partial charge in [-0.25, -0.2) is 9.97 Å². The minimum atomic E-state index is -0.0902. The number of carbonyl (C=O) groups excluding carboxylic acids is 1. The van der Waals surface area contributed by atoms with Crippen LogP contribution in [0.15, 0.2) is 83.5 Å². The molecule has 0 radical (unpaired) electrons. The van der Waals surface area contributed by atoms with Gasteiger partial charge in [0.1, 0.15) is 5.65 Å². The molecule has 30 heavy (non-hydrogen) atoms. The number of carbonyl (C=O) groups is 1. The number of pyridine rings is 1. The van der Waals surface area contributed by atoms with Gasteiger partial charge in [-0.1, -0.05) is 48.2 Å². The summed E-state index contributed by atoms with van der Waals surface area (Å²) in [7, 11) is 0. The summed E-state index contributed by atoms with van der Waals surface area (Å²) in [4.78, 5) is 22.0. The van der Waals surface area contributed by atoms with Gasteiger partial charge in [-0.3, -0.25) is 4.79 Å². The van der Waals surface area contributed by atoms with E-state index in [1.165, 1.54) is 4.70 Å². The number of aromatic nitrogens is 3. The lowest BCUT2D eigenvalue weighted by molar-refractivity contribution is 0.0950. The molecular weight excluding hydrogens is 412 g/mol. The summed E-state index contributed by atoms with van der Waals surface area (Å²) in [6.07, 6.45) is 3.88. The number of nitrogens with one attached hydrogen (secondary N) is 1. The van der Waals surface area contributed by atoms with Crippen molar-refractivity contribution in [3.63, 3.8) is 0 Å². The van der Waals surface area contributed by atoms with Crippen LogP contribution < -0.4 is 5.32 Å². The lowest BCUT2D eigenvalue weighted by atomic mass is 10.1. The Morgan fingerprint density at radius 1 is 1.00 bits per heavy atom. The van der Waals surface area contributed by atoms with Gasteiger partial charge in [0.2, 0.25) is 0 Å². The van der Waals surface area contributed by atoms with Crippen molar-refractivity contribution in [1.29, 1.82) is 0 Å². The first-order valence-corrected chi connectivity index (χ1v) is 11.3. The zero-order valence-corrected chi connectivity index (χ0v) is 17.6. The summed E-state index contributed by atoms with van der Waals surface area (Å²) in [6.45, 7) is 0.389. The van der Waals surface area contributed by atoms with Crippen LogP contribution >= 0.6 is 23.1 Å². The molecule has 0 spiro atoms. The first kappa shape index (κ1) is 18.8. The summed E-state index contributed by atoms with van der Waals surface area (Å²) in [6, 6.07) is 21.7. The van der Waals surface area contributed by atoms with E-state index in [9.17, 15) is 4.79 Å². The van der Waals surface area contributed by atoms with E-state index >= 15 is 0 Å². The molecule has 0 aliphatic rings. The van der Waals surface area contributed by atoms with Crippen LogP contribution in [0.25, 0.3) is 15.9 Å². The van der Waals surface area contributed by atoms with Crippen molar-refractivity contribution < 1.29 is 4.79 Å². The van der Waals surface area contributed by atoms with Crippen LogP contribution in [0.3, 0.4) is 0 Å². The molecule has 1 N–H and O–H groups in total. The van der Waals surface area contributed by atoms with Crippen LogP contribution in [0.4, 0.5) is 0 Å². The largest absolute Gasteiger partial charge is 0.346 e. The van der Waals surface area contributed by atoms with E-state index in [1.807, 2.05) is 77.5 Å². The Bertz CT molecular complexity index is 1280. The first-order valence-electron chi connectivity index (χ1n) is 9.53. The molecule has 3 heterocycles. The van der Waals surface area contributed by atoms with Gasteiger partial charge < -0.3 is 9.72 Å². The second kappa shape index (κ2) is 8.30. The summed E-state index contributed by atoms with van der Waals surface area (Å²) >= 11 is 3.34. The Kier molecular flexibility index (Phi) is 5.21. The van der Waals surface area contributed by atoms with Gasteiger partial charge in [-0.15, -0.1) is 11.3 Å². The predicted octanol–water partition coefficient (Wildman–Crippen LogP) is 5.17.